The van der Waals surface area contributed by atoms with E-state index >= 15 is 0 Å². The monoisotopic (exact) mass is 499 g/mol. The van der Waals surface area contributed by atoms with Crippen LogP contribution in [0.2, 0.25) is 5.02 Å². The Balaban J connectivity index is 1.55. The summed E-state index contributed by atoms with van der Waals surface area (Å²) in [6.07, 6.45) is -3.04. The molecule has 7 nitrogen and oxygen atoms in total. The largest absolute Gasteiger partial charge is 0.497 e. The van der Waals surface area contributed by atoms with Crippen LogP contribution in [0.4, 0.5) is 24.7 Å². The van der Waals surface area contributed by atoms with Gasteiger partial charge in [0.25, 0.3) is 0 Å². The molecule has 0 bridgehead atoms. The normalized spacial score (nSPS) is 11.7. The molecule has 3 aromatic carbocycles. The number of benzene rings is 3. The van der Waals surface area contributed by atoms with Gasteiger partial charge in [0, 0.05) is 17.3 Å². The third kappa shape index (κ3) is 4.28. The van der Waals surface area contributed by atoms with Gasteiger partial charge in [0.1, 0.15) is 35.0 Å². The van der Waals surface area contributed by atoms with E-state index in [0.29, 0.717) is 55.8 Å². The molecule has 11 heteroatoms. The minimum Gasteiger partial charge on any atom is -0.497 e. The molecule has 0 atom stereocenters. The van der Waals surface area contributed by atoms with Crippen molar-refractivity contribution in [3.05, 3.63) is 65.4 Å². The number of anilines is 2. The topological polar surface area (TPSA) is 84.9 Å². The van der Waals surface area contributed by atoms with Crippen LogP contribution in [0, 0.1) is 0 Å². The number of hydrogen-bond donors (Lipinski definition) is 2. The zero-order valence-corrected chi connectivity index (χ0v) is 19.1. The summed E-state index contributed by atoms with van der Waals surface area (Å²) in [6.45, 7) is 0. The van der Waals surface area contributed by atoms with Crippen molar-refractivity contribution in [2.45, 2.75) is 6.18 Å². The molecule has 2 aromatic heterocycles. The maximum Gasteiger partial charge on any atom is 0.416 e. The van der Waals surface area contributed by atoms with Crippen LogP contribution in [0.5, 0.6) is 11.5 Å². The lowest BCUT2D eigenvalue weighted by Crippen LogP contribution is -2.04. The summed E-state index contributed by atoms with van der Waals surface area (Å²) in [5.41, 5.74) is 1.62. The Bertz CT molecular complexity index is 1570. The molecule has 0 spiro atoms. The molecule has 0 fully saturated rings. The lowest BCUT2D eigenvalue weighted by Gasteiger charge is -2.13. The number of ether oxygens (including phenoxy) is 2. The molecular weight excluding hydrogens is 483 g/mol. The molecule has 5 rings (SSSR count). The molecule has 0 aliphatic carbocycles. The van der Waals surface area contributed by atoms with Crippen LogP contribution in [0.15, 0.2) is 54.9 Å². The second-order valence-corrected chi connectivity index (χ2v) is 7.99. The maximum absolute atomic E-state index is 13.1. The first-order chi connectivity index (χ1) is 16.8. The summed E-state index contributed by atoms with van der Waals surface area (Å²) < 4.78 is 50.0. The van der Waals surface area contributed by atoms with E-state index in [-0.39, 0.29) is 5.52 Å². The summed E-state index contributed by atoms with van der Waals surface area (Å²) in [5.74, 6) is 1.94. The first-order valence-corrected chi connectivity index (χ1v) is 10.7. The van der Waals surface area contributed by atoms with Crippen LogP contribution in [0.1, 0.15) is 5.56 Å². The van der Waals surface area contributed by atoms with Gasteiger partial charge in [0.2, 0.25) is 0 Å². The summed E-state index contributed by atoms with van der Waals surface area (Å²) in [4.78, 5) is 16.0. The average Bonchev–Trinajstić information content (AvgIpc) is 3.27. The number of nitrogens with zero attached hydrogens (tertiary/aromatic N) is 3. The molecule has 0 aliphatic rings. The van der Waals surface area contributed by atoms with E-state index in [9.17, 15) is 13.2 Å². The van der Waals surface area contributed by atoms with Crippen molar-refractivity contribution in [1.82, 2.24) is 19.9 Å². The van der Waals surface area contributed by atoms with Crippen molar-refractivity contribution < 1.29 is 22.6 Å². The highest BCUT2D eigenvalue weighted by Crippen LogP contribution is 2.36. The van der Waals surface area contributed by atoms with Gasteiger partial charge in [-0.3, -0.25) is 0 Å². The van der Waals surface area contributed by atoms with E-state index in [2.05, 4.69) is 25.3 Å². The standard InChI is InChI=1S/C24H17ClF3N5O2/c1-34-14-9-16-21(20(10-14)35-2)29-11-30-22(16)31-13-4-5-17(25)15(8-13)23-32-18-6-3-12(24(26,27)28)7-19(18)33-23/h3-11H,1-2H3,(H,32,33)(H,29,30,31). The SMILES string of the molecule is COc1cc(OC)c2ncnc(Nc3ccc(Cl)c(-c4nc5ccc(C(F)(F)F)cc5[nH]4)c3)c2c1. The summed E-state index contributed by atoms with van der Waals surface area (Å²) >= 11 is 6.41. The molecule has 5 aromatic rings. The molecule has 0 saturated heterocycles. The van der Waals surface area contributed by atoms with Gasteiger partial charge < -0.3 is 19.8 Å². The van der Waals surface area contributed by atoms with E-state index in [1.807, 2.05) is 0 Å². The summed E-state index contributed by atoms with van der Waals surface area (Å²) in [5, 5.41) is 4.28. The molecule has 0 radical (unpaired) electrons. The highest BCUT2D eigenvalue weighted by Gasteiger charge is 2.30. The van der Waals surface area contributed by atoms with Crippen LogP contribution in [0.3, 0.4) is 0 Å². The number of halogens is 4. The van der Waals surface area contributed by atoms with Crippen LogP contribution in [-0.4, -0.2) is 34.2 Å². The minimum atomic E-state index is -4.45. The number of hydrogen-bond acceptors (Lipinski definition) is 6. The molecule has 0 aliphatic heterocycles. The van der Waals surface area contributed by atoms with Crippen LogP contribution >= 0.6 is 11.6 Å². The minimum absolute atomic E-state index is 0.255. The smallest absolute Gasteiger partial charge is 0.416 e. The zero-order valence-electron chi connectivity index (χ0n) is 18.4. The number of fused-ring (bicyclic) bond motifs is 2. The van der Waals surface area contributed by atoms with Gasteiger partial charge in [-0.15, -0.1) is 0 Å². The number of alkyl halides is 3. The fourth-order valence-electron chi connectivity index (χ4n) is 3.72. The highest BCUT2D eigenvalue weighted by molar-refractivity contribution is 6.33. The van der Waals surface area contributed by atoms with Crippen molar-refractivity contribution in [3.63, 3.8) is 0 Å². The quantitative estimate of drug-likeness (QED) is 0.283. The fraction of sp³-hybridized carbons (Fsp3) is 0.125. The third-order valence-electron chi connectivity index (χ3n) is 5.43. The maximum atomic E-state index is 13.1. The van der Waals surface area contributed by atoms with Crippen LogP contribution in [-0.2, 0) is 6.18 Å². The van der Waals surface area contributed by atoms with Gasteiger partial charge >= 0.3 is 6.18 Å². The fourth-order valence-corrected chi connectivity index (χ4v) is 3.92. The molecule has 35 heavy (non-hydrogen) atoms. The van der Waals surface area contributed by atoms with Gasteiger partial charge in [-0.1, -0.05) is 11.6 Å². The molecule has 0 amide bonds. The highest BCUT2D eigenvalue weighted by atomic mass is 35.5. The molecular formula is C24H17ClF3N5O2. The number of H-pyrrole nitrogens is 1. The van der Waals surface area contributed by atoms with Crippen molar-refractivity contribution in [3.8, 4) is 22.9 Å². The Labute approximate surface area is 201 Å². The Morgan fingerprint density at radius 2 is 1.80 bits per heavy atom. The average molecular weight is 500 g/mol. The van der Waals surface area contributed by atoms with E-state index in [4.69, 9.17) is 21.1 Å². The zero-order chi connectivity index (χ0) is 24.7. The number of rotatable bonds is 5. The Morgan fingerprint density at radius 1 is 0.971 bits per heavy atom. The number of imidazole rings is 1. The molecule has 0 saturated carbocycles. The van der Waals surface area contributed by atoms with E-state index < -0.39 is 11.7 Å². The van der Waals surface area contributed by atoms with Gasteiger partial charge in [-0.2, -0.15) is 13.2 Å². The van der Waals surface area contributed by atoms with Gasteiger partial charge in [0.15, 0.2) is 0 Å². The number of methoxy groups -OCH3 is 2. The van der Waals surface area contributed by atoms with E-state index in [1.165, 1.54) is 12.4 Å². The second-order valence-electron chi connectivity index (χ2n) is 7.58. The Kier molecular flexibility index (Phi) is 5.60. The molecule has 2 heterocycles. The molecule has 2 N–H and O–H groups in total. The summed E-state index contributed by atoms with van der Waals surface area (Å²) in [6, 6.07) is 12.0. The predicted molar refractivity (Wildman–Crippen MR) is 127 cm³/mol. The first-order valence-electron chi connectivity index (χ1n) is 10.3. The summed E-state index contributed by atoms with van der Waals surface area (Å²) in [7, 11) is 3.09. The number of aromatic amines is 1. The van der Waals surface area contributed by atoms with Gasteiger partial charge in [0.05, 0.1) is 41.2 Å². The molecule has 0 unspecified atom stereocenters. The third-order valence-corrected chi connectivity index (χ3v) is 5.76. The predicted octanol–water partition coefficient (Wildman–Crippen LogP) is 6.61. The van der Waals surface area contributed by atoms with Crippen LogP contribution < -0.4 is 14.8 Å². The number of aromatic nitrogens is 4. The van der Waals surface area contributed by atoms with Crippen molar-refractivity contribution in [2.24, 2.45) is 0 Å². The Morgan fingerprint density at radius 3 is 2.54 bits per heavy atom. The molecule has 178 valence electrons. The van der Waals surface area contributed by atoms with E-state index in [0.717, 1.165) is 12.1 Å². The van der Waals surface area contributed by atoms with E-state index in [1.54, 1.807) is 44.6 Å². The van der Waals surface area contributed by atoms with Gasteiger partial charge in [-0.25, -0.2) is 15.0 Å². The van der Waals surface area contributed by atoms with Crippen LogP contribution in [0.25, 0.3) is 33.3 Å². The first kappa shape index (κ1) is 22.7. The van der Waals surface area contributed by atoms with Crippen molar-refractivity contribution in [1.29, 1.82) is 0 Å². The van der Waals surface area contributed by atoms with Gasteiger partial charge in [-0.05, 0) is 42.5 Å². The van der Waals surface area contributed by atoms with Crippen molar-refractivity contribution in [2.75, 3.05) is 19.5 Å². The Hall–Kier alpha value is -4.05. The lowest BCUT2D eigenvalue weighted by molar-refractivity contribution is -0.137. The van der Waals surface area contributed by atoms with Crippen molar-refractivity contribution >= 4 is 45.0 Å². The second kappa shape index (κ2) is 8.62. The number of nitrogens with one attached hydrogen (secondary N) is 2. The lowest BCUT2D eigenvalue weighted by atomic mass is 10.1.